The molecular formula is C22H29NS. The van der Waals surface area contributed by atoms with Gasteiger partial charge in [-0.05, 0) is 61.3 Å². The molecule has 0 heterocycles. The fourth-order valence-corrected chi connectivity index (χ4v) is 3.61. The van der Waals surface area contributed by atoms with Crippen molar-refractivity contribution < 1.29 is 0 Å². The summed E-state index contributed by atoms with van der Waals surface area (Å²) in [5.74, 6) is 0.593. The van der Waals surface area contributed by atoms with Gasteiger partial charge in [-0.2, -0.15) is 12.6 Å². The van der Waals surface area contributed by atoms with Crippen molar-refractivity contribution in [2.45, 2.75) is 45.3 Å². The molecular weight excluding hydrogens is 310 g/mol. The fourth-order valence-electron chi connectivity index (χ4n) is 3.12. The monoisotopic (exact) mass is 339 g/mol. The van der Waals surface area contributed by atoms with Gasteiger partial charge in [-0.3, -0.25) is 0 Å². The molecule has 2 N–H and O–H groups in total. The van der Waals surface area contributed by atoms with E-state index in [9.17, 15) is 0 Å². The summed E-state index contributed by atoms with van der Waals surface area (Å²) in [4.78, 5) is 0. The number of thiol groups is 1. The van der Waals surface area contributed by atoms with E-state index >= 15 is 0 Å². The van der Waals surface area contributed by atoms with Crippen LogP contribution in [0.2, 0.25) is 0 Å². The number of hydrogen-bond donors (Lipinski definition) is 2. The number of benzene rings is 2. The second-order valence-corrected chi connectivity index (χ2v) is 7.52. The summed E-state index contributed by atoms with van der Waals surface area (Å²) in [6.45, 7) is 10.7. The van der Waals surface area contributed by atoms with Crippen molar-refractivity contribution in [2.75, 3.05) is 5.73 Å². The first-order chi connectivity index (χ1) is 11.4. The first-order valence-electron chi connectivity index (χ1n) is 8.67. The molecule has 0 saturated carbocycles. The molecule has 0 aromatic heterocycles. The molecule has 2 heteroatoms. The van der Waals surface area contributed by atoms with Gasteiger partial charge in [0.1, 0.15) is 0 Å². The Kier molecular flexibility index (Phi) is 6.56. The largest absolute Gasteiger partial charge is 0.398 e. The van der Waals surface area contributed by atoms with Crippen LogP contribution in [0.5, 0.6) is 0 Å². The van der Waals surface area contributed by atoms with E-state index in [4.69, 9.17) is 18.4 Å². The third-order valence-corrected chi connectivity index (χ3v) is 5.31. The lowest BCUT2D eigenvalue weighted by Gasteiger charge is -2.22. The topological polar surface area (TPSA) is 26.0 Å². The predicted molar refractivity (Wildman–Crippen MR) is 111 cm³/mol. The number of hydrogen-bond acceptors (Lipinski definition) is 2. The Balaban J connectivity index is 1.97. The zero-order valence-electron chi connectivity index (χ0n) is 15.0. The predicted octanol–water partition coefficient (Wildman–Crippen LogP) is 5.86. The van der Waals surface area contributed by atoms with Crippen molar-refractivity contribution in [3.8, 4) is 0 Å². The average Bonchev–Trinajstić information content (AvgIpc) is 2.57. The number of aryl methyl sites for hydroxylation is 3. The van der Waals surface area contributed by atoms with E-state index in [0.717, 1.165) is 41.6 Å². The molecule has 2 aromatic carbocycles. The molecule has 2 aromatic rings. The van der Waals surface area contributed by atoms with Crippen molar-refractivity contribution in [1.29, 1.82) is 0 Å². The molecule has 0 bridgehead atoms. The highest BCUT2D eigenvalue weighted by Gasteiger charge is 2.18. The van der Waals surface area contributed by atoms with Crippen molar-refractivity contribution in [1.82, 2.24) is 0 Å². The van der Waals surface area contributed by atoms with E-state index < -0.39 is 0 Å². The third kappa shape index (κ3) is 4.67. The number of nitrogen functional groups attached to an aromatic ring is 1. The maximum absolute atomic E-state index is 6.29. The zero-order valence-corrected chi connectivity index (χ0v) is 15.9. The summed E-state index contributed by atoms with van der Waals surface area (Å²) < 4.78 is 0. The summed E-state index contributed by atoms with van der Waals surface area (Å²) in [7, 11) is 0. The van der Waals surface area contributed by atoms with Crippen LogP contribution in [-0.4, -0.2) is 5.25 Å². The lowest BCUT2D eigenvalue weighted by molar-refractivity contribution is 0.505. The SMILES string of the molecule is C=C(c1c(C)ccc(C)c1N)[C@H](S)CC(C)CCc1ccccc1. The van der Waals surface area contributed by atoms with Gasteiger partial charge in [-0.25, -0.2) is 0 Å². The molecule has 128 valence electrons. The molecule has 0 saturated heterocycles. The Hall–Kier alpha value is -1.67. The van der Waals surface area contributed by atoms with Crippen LogP contribution in [0.25, 0.3) is 5.57 Å². The molecule has 0 fully saturated rings. The van der Waals surface area contributed by atoms with Gasteiger partial charge in [0.05, 0.1) is 0 Å². The summed E-state index contributed by atoms with van der Waals surface area (Å²) >= 11 is 4.83. The average molecular weight is 340 g/mol. The molecule has 1 unspecified atom stereocenters. The zero-order chi connectivity index (χ0) is 17.7. The highest BCUT2D eigenvalue weighted by atomic mass is 32.1. The van der Waals surface area contributed by atoms with E-state index in [1.807, 2.05) is 6.92 Å². The van der Waals surface area contributed by atoms with Crippen molar-refractivity contribution in [3.63, 3.8) is 0 Å². The highest BCUT2D eigenvalue weighted by Crippen LogP contribution is 2.34. The lowest BCUT2D eigenvalue weighted by atomic mass is 9.89. The van der Waals surface area contributed by atoms with Gasteiger partial charge < -0.3 is 5.73 Å². The van der Waals surface area contributed by atoms with Gasteiger partial charge in [0.2, 0.25) is 0 Å². The summed E-state index contributed by atoms with van der Waals surface area (Å²) in [5, 5.41) is 0.138. The molecule has 0 spiro atoms. The Labute approximate surface area is 152 Å². The second-order valence-electron chi connectivity index (χ2n) is 6.89. The second kappa shape index (κ2) is 8.43. The van der Waals surface area contributed by atoms with Crippen LogP contribution < -0.4 is 5.73 Å². The minimum atomic E-state index is 0.138. The van der Waals surface area contributed by atoms with E-state index in [-0.39, 0.29) is 5.25 Å². The van der Waals surface area contributed by atoms with Crippen LogP contribution in [0.15, 0.2) is 49.0 Å². The standard InChI is InChI=1S/C22H29NS/c1-15(10-13-19-8-6-5-7-9-19)14-20(24)18(4)21-16(2)11-12-17(3)22(21)23/h5-9,11-12,15,20,24H,4,10,13-14,23H2,1-3H3/t15?,20-/m1/s1. The van der Waals surface area contributed by atoms with Crippen molar-refractivity contribution in [3.05, 3.63) is 71.3 Å². The first-order valence-corrected chi connectivity index (χ1v) is 9.18. The van der Waals surface area contributed by atoms with Gasteiger partial charge in [0.25, 0.3) is 0 Å². The Morgan fingerprint density at radius 3 is 2.38 bits per heavy atom. The Bertz CT molecular complexity index is 691. The molecule has 0 aliphatic carbocycles. The van der Waals surface area contributed by atoms with E-state index in [2.05, 4.69) is 62.9 Å². The van der Waals surface area contributed by atoms with Gasteiger partial charge in [0.15, 0.2) is 0 Å². The smallest absolute Gasteiger partial charge is 0.0423 e. The fraction of sp³-hybridized carbons (Fsp3) is 0.364. The van der Waals surface area contributed by atoms with Gasteiger partial charge in [0, 0.05) is 16.5 Å². The summed E-state index contributed by atoms with van der Waals surface area (Å²) in [5.41, 5.74) is 13.0. The maximum Gasteiger partial charge on any atom is 0.0423 e. The Morgan fingerprint density at radius 2 is 1.71 bits per heavy atom. The molecule has 0 amide bonds. The normalized spacial score (nSPS) is 13.5. The van der Waals surface area contributed by atoms with Crippen LogP contribution in [0.3, 0.4) is 0 Å². The van der Waals surface area contributed by atoms with E-state index in [1.54, 1.807) is 0 Å². The van der Waals surface area contributed by atoms with Crippen LogP contribution in [0.4, 0.5) is 5.69 Å². The molecule has 0 radical (unpaired) electrons. The molecule has 0 aliphatic rings. The number of nitrogens with two attached hydrogens (primary N) is 1. The van der Waals surface area contributed by atoms with Crippen LogP contribution in [-0.2, 0) is 6.42 Å². The molecule has 0 aliphatic heterocycles. The Morgan fingerprint density at radius 1 is 1.08 bits per heavy atom. The number of anilines is 1. The van der Waals surface area contributed by atoms with Crippen molar-refractivity contribution in [2.24, 2.45) is 5.92 Å². The quantitative estimate of drug-likeness (QED) is 0.480. The molecule has 2 atom stereocenters. The van der Waals surface area contributed by atoms with Gasteiger partial charge >= 0.3 is 0 Å². The highest BCUT2D eigenvalue weighted by molar-refractivity contribution is 7.81. The molecule has 2 rings (SSSR count). The summed E-state index contributed by atoms with van der Waals surface area (Å²) in [6.07, 6.45) is 3.29. The van der Waals surface area contributed by atoms with E-state index in [0.29, 0.717) is 5.92 Å². The molecule has 24 heavy (non-hydrogen) atoms. The van der Waals surface area contributed by atoms with Gasteiger partial charge in [-0.15, -0.1) is 0 Å². The first kappa shape index (κ1) is 18.7. The molecule has 1 nitrogen and oxygen atoms in total. The number of rotatable bonds is 7. The maximum atomic E-state index is 6.29. The van der Waals surface area contributed by atoms with Gasteiger partial charge in [-0.1, -0.05) is 56.0 Å². The minimum Gasteiger partial charge on any atom is -0.398 e. The van der Waals surface area contributed by atoms with Crippen LogP contribution >= 0.6 is 12.6 Å². The lowest BCUT2D eigenvalue weighted by Crippen LogP contribution is -2.11. The summed E-state index contributed by atoms with van der Waals surface area (Å²) in [6, 6.07) is 14.8. The van der Waals surface area contributed by atoms with Crippen LogP contribution in [0.1, 0.15) is 42.0 Å². The minimum absolute atomic E-state index is 0.138. The third-order valence-electron chi connectivity index (χ3n) is 4.79. The van der Waals surface area contributed by atoms with E-state index in [1.165, 1.54) is 11.1 Å². The van der Waals surface area contributed by atoms with Crippen molar-refractivity contribution >= 4 is 23.9 Å². The van der Waals surface area contributed by atoms with Crippen LogP contribution in [0, 0.1) is 19.8 Å².